The lowest BCUT2D eigenvalue weighted by atomic mass is 9.88. The average molecular weight is 393 g/mol. The maximum Gasteiger partial charge on any atom is 0.227 e. The number of rotatable bonds is 4. The summed E-state index contributed by atoms with van der Waals surface area (Å²) in [5, 5.41) is 0. The first kappa shape index (κ1) is 18.8. The van der Waals surface area contributed by atoms with Gasteiger partial charge in [-0.1, -0.05) is 18.2 Å². The molecular weight excluding hydrogens is 363 g/mol. The van der Waals surface area contributed by atoms with E-state index >= 15 is 0 Å². The smallest absolute Gasteiger partial charge is 0.227 e. The summed E-state index contributed by atoms with van der Waals surface area (Å²) in [4.78, 5) is 16.7. The number of halogens is 1. The maximum absolute atomic E-state index is 13.2. The number of hydrogen-bond donors (Lipinski definition) is 0. The highest BCUT2D eigenvalue weighted by molar-refractivity contribution is 5.95. The van der Waals surface area contributed by atoms with Gasteiger partial charge in [0.2, 0.25) is 5.91 Å². The van der Waals surface area contributed by atoms with Crippen LogP contribution in [0.5, 0.6) is 0 Å². The zero-order valence-corrected chi connectivity index (χ0v) is 16.9. The molecule has 2 saturated heterocycles. The third-order valence-corrected chi connectivity index (χ3v) is 7.12. The standard InChI is InChI=1S/C25H29FN2O/c26-22-8-5-18(6-9-22)19-11-14-27(15-12-19)17-21-4-3-20-7-10-23(16-24(20)21)28-13-1-2-25(28)29/h5-10,16,19,21H,1-4,11-15,17H2. The first-order chi connectivity index (χ1) is 14.2. The molecule has 3 aliphatic rings. The number of benzene rings is 2. The quantitative estimate of drug-likeness (QED) is 0.742. The van der Waals surface area contributed by atoms with Crippen molar-refractivity contribution in [2.75, 3.05) is 31.1 Å². The predicted molar refractivity (Wildman–Crippen MR) is 114 cm³/mol. The number of nitrogens with zero attached hydrogens (tertiary/aromatic N) is 2. The molecule has 0 radical (unpaired) electrons. The van der Waals surface area contributed by atoms with E-state index in [2.05, 4.69) is 23.1 Å². The van der Waals surface area contributed by atoms with Gasteiger partial charge in [-0.2, -0.15) is 0 Å². The Labute approximate surface area is 172 Å². The number of amides is 1. The number of aryl methyl sites for hydroxylation is 1. The van der Waals surface area contributed by atoms with Crippen LogP contribution in [0.3, 0.4) is 0 Å². The summed E-state index contributed by atoms with van der Waals surface area (Å²) in [5.41, 5.74) is 5.29. The number of fused-ring (bicyclic) bond motifs is 1. The van der Waals surface area contributed by atoms with Crippen molar-refractivity contribution < 1.29 is 9.18 Å². The molecule has 1 amide bonds. The highest BCUT2D eigenvalue weighted by atomic mass is 19.1. The fraction of sp³-hybridized carbons (Fsp3) is 0.480. The first-order valence-corrected chi connectivity index (χ1v) is 11.1. The van der Waals surface area contributed by atoms with Crippen molar-refractivity contribution in [1.82, 2.24) is 4.90 Å². The molecule has 2 heterocycles. The van der Waals surface area contributed by atoms with Crippen LogP contribution in [0.2, 0.25) is 0 Å². The summed E-state index contributed by atoms with van der Waals surface area (Å²) in [5.74, 6) is 1.24. The van der Waals surface area contributed by atoms with Crippen LogP contribution >= 0.6 is 0 Å². The third-order valence-electron chi connectivity index (χ3n) is 7.12. The molecule has 0 bridgehead atoms. The fourth-order valence-electron chi connectivity index (χ4n) is 5.45. The van der Waals surface area contributed by atoms with Gasteiger partial charge >= 0.3 is 0 Å². The SMILES string of the molecule is O=C1CCCN1c1ccc2c(c1)C(CN1CCC(c3ccc(F)cc3)CC1)CC2. The van der Waals surface area contributed by atoms with Crippen LogP contribution in [0.25, 0.3) is 0 Å². The average Bonchev–Trinajstić information content (AvgIpc) is 3.35. The topological polar surface area (TPSA) is 23.6 Å². The number of anilines is 1. The molecule has 2 aliphatic heterocycles. The van der Waals surface area contributed by atoms with Gasteiger partial charge in [0.25, 0.3) is 0 Å². The minimum atomic E-state index is -0.152. The van der Waals surface area contributed by atoms with Crippen LogP contribution in [0, 0.1) is 5.82 Å². The Bertz CT molecular complexity index is 886. The summed E-state index contributed by atoms with van der Waals surface area (Å²) in [6, 6.07) is 13.7. The number of piperidine rings is 1. The van der Waals surface area contributed by atoms with Gasteiger partial charge < -0.3 is 9.80 Å². The van der Waals surface area contributed by atoms with E-state index in [1.807, 2.05) is 17.0 Å². The summed E-state index contributed by atoms with van der Waals surface area (Å²) >= 11 is 0. The van der Waals surface area contributed by atoms with Gasteiger partial charge in [0.15, 0.2) is 0 Å². The molecule has 0 spiro atoms. The number of hydrogen-bond acceptors (Lipinski definition) is 2. The lowest BCUT2D eigenvalue weighted by Gasteiger charge is -2.34. The third kappa shape index (κ3) is 3.83. The van der Waals surface area contributed by atoms with Gasteiger partial charge in [0.05, 0.1) is 0 Å². The lowest BCUT2D eigenvalue weighted by Crippen LogP contribution is -2.35. The van der Waals surface area contributed by atoms with Crippen molar-refractivity contribution in [2.24, 2.45) is 0 Å². The second-order valence-electron chi connectivity index (χ2n) is 8.89. The van der Waals surface area contributed by atoms with E-state index in [4.69, 9.17) is 0 Å². The molecule has 1 aliphatic carbocycles. The Hall–Kier alpha value is -2.20. The van der Waals surface area contributed by atoms with Crippen molar-refractivity contribution in [2.45, 2.75) is 50.4 Å². The van der Waals surface area contributed by atoms with E-state index < -0.39 is 0 Å². The van der Waals surface area contributed by atoms with Crippen LogP contribution in [0.4, 0.5) is 10.1 Å². The molecule has 152 valence electrons. The van der Waals surface area contributed by atoms with E-state index in [0.717, 1.165) is 57.5 Å². The molecule has 0 saturated carbocycles. The molecule has 2 aromatic carbocycles. The number of carbonyl (C=O) groups excluding carboxylic acids is 1. The monoisotopic (exact) mass is 392 g/mol. The Morgan fingerprint density at radius 2 is 1.72 bits per heavy atom. The van der Waals surface area contributed by atoms with E-state index in [9.17, 15) is 9.18 Å². The van der Waals surface area contributed by atoms with Gasteiger partial charge in [-0.25, -0.2) is 4.39 Å². The minimum Gasteiger partial charge on any atom is -0.312 e. The molecule has 1 atom stereocenters. The molecule has 4 heteroatoms. The van der Waals surface area contributed by atoms with Crippen LogP contribution in [-0.4, -0.2) is 37.0 Å². The van der Waals surface area contributed by atoms with Crippen molar-refractivity contribution >= 4 is 11.6 Å². The minimum absolute atomic E-state index is 0.152. The van der Waals surface area contributed by atoms with Crippen LogP contribution in [-0.2, 0) is 11.2 Å². The summed E-state index contributed by atoms with van der Waals surface area (Å²) in [7, 11) is 0. The van der Waals surface area contributed by atoms with E-state index in [1.54, 1.807) is 12.1 Å². The largest absolute Gasteiger partial charge is 0.312 e. The Morgan fingerprint density at radius 1 is 0.931 bits per heavy atom. The highest BCUT2D eigenvalue weighted by Gasteiger charge is 2.29. The fourth-order valence-corrected chi connectivity index (χ4v) is 5.45. The predicted octanol–water partition coefficient (Wildman–Crippen LogP) is 4.86. The van der Waals surface area contributed by atoms with Crippen molar-refractivity contribution in [3.63, 3.8) is 0 Å². The van der Waals surface area contributed by atoms with Crippen molar-refractivity contribution in [3.05, 3.63) is 65.0 Å². The molecule has 3 nitrogen and oxygen atoms in total. The lowest BCUT2D eigenvalue weighted by molar-refractivity contribution is -0.117. The van der Waals surface area contributed by atoms with Gasteiger partial charge in [0.1, 0.15) is 5.82 Å². The van der Waals surface area contributed by atoms with Crippen molar-refractivity contribution in [3.8, 4) is 0 Å². The molecule has 2 aromatic rings. The van der Waals surface area contributed by atoms with Crippen molar-refractivity contribution in [1.29, 1.82) is 0 Å². The van der Waals surface area contributed by atoms with Gasteiger partial charge in [-0.3, -0.25) is 4.79 Å². The second kappa shape index (κ2) is 7.91. The summed E-state index contributed by atoms with van der Waals surface area (Å²) in [6.07, 6.45) is 6.32. The van der Waals surface area contributed by atoms with Gasteiger partial charge in [-0.05, 0) is 98.0 Å². The van der Waals surface area contributed by atoms with Crippen LogP contribution < -0.4 is 4.90 Å². The van der Waals surface area contributed by atoms with Crippen LogP contribution in [0.15, 0.2) is 42.5 Å². The van der Waals surface area contributed by atoms with E-state index in [0.29, 0.717) is 18.3 Å². The van der Waals surface area contributed by atoms with E-state index in [-0.39, 0.29) is 11.7 Å². The zero-order valence-electron chi connectivity index (χ0n) is 16.9. The molecule has 1 unspecified atom stereocenters. The Kier molecular flexibility index (Phi) is 5.13. The Balaban J connectivity index is 1.23. The summed E-state index contributed by atoms with van der Waals surface area (Å²) < 4.78 is 13.2. The number of carbonyl (C=O) groups is 1. The molecule has 5 rings (SSSR count). The van der Waals surface area contributed by atoms with E-state index in [1.165, 1.54) is 23.1 Å². The number of likely N-dealkylation sites (tertiary alicyclic amines) is 1. The van der Waals surface area contributed by atoms with Gasteiger partial charge in [0, 0.05) is 25.2 Å². The first-order valence-electron chi connectivity index (χ1n) is 11.1. The maximum atomic E-state index is 13.2. The molecule has 0 N–H and O–H groups in total. The Morgan fingerprint density at radius 3 is 2.45 bits per heavy atom. The normalized spacial score (nSPS) is 23.0. The highest BCUT2D eigenvalue weighted by Crippen LogP contribution is 2.38. The molecule has 0 aromatic heterocycles. The van der Waals surface area contributed by atoms with Crippen LogP contribution in [0.1, 0.15) is 60.6 Å². The summed E-state index contributed by atoms with van der Waals surface area (Å²) in [6.45, 7) is 4.19. The zero-order chi connectivity index (χ0) is 19.8. The molecule has 2 fully saturated rings. The second-order valence-corrected chi connectivity index (χ2v) is 8.89. The molecule has 29 heavy (non-hydrogen) atoms. The van der Waals surface area contributed by atoms with Gasteiger partial charge in [-0.15, -0.1) is 0 Å². The molecular formula is C25H29FN2O.